The molecule has 1 aromatic carbocycles. The second-order valence-electron chi connectivity index (χ2n) is 5.50. The highest BCUT2D eigenvalue weighted by atomic mass is 79.9. The van der Waals surface area contributed by atoms with Gasteiger partial charge in [0.15, 0.2) is 0 Å². The Morgan fingerprint density at radius 2 is 1.84 bits per heavy atom. The Kier molecular flexibility index (Phi) is 5.58. The molecular weight excluding hydrogens is 324 g/mol. The van der Waals surface area contributed by atoms with Gasteiger partial charge in [0, 0.05) is 10.0 Å². The molecule has 1 aliphatic rings. The van der Waals surface area contributed by atoms with Crippen LogP contribution in [0.15, 0.2) is 16.6 Å². The van der Waals surface area contributed by atoms with E-state index in [4.69, 9.17) is 16.3 Å². The van der Waals surface area contributed by atoms with Crippen LogP contribution in [-0.2, 0) is 0 Å². The number of alkyl halides is 1. The van der Waals surface area contributed by atoms with Gasteiger partial charge in [0.1, 0.15) is 5.75 Å². The van der Waals surface area contributed by atoms with Crippen molar-refractivity contribution in [3.63, 3.8) is 0 Å². The Morgan fingerprint density at radius 1 is 1.21 bits per heavy atom. The van der Waals surface area contributed by atoms with Crippen molar-refractivity contribution in [1.29, 1.82) is 0 Å². The highest BCUT2D eigenvalue weighted by molar-refractivity contribution is 9.10. The lowest BCUT2D eigenvalue weighted by Crippen LogP contribution is -2.09. The summed E-state index contributed by atoms with van der Waals surface area (Å²) in [4.78, 5) is 0. The smallest absolute Gasteiger partial charge is 0.123 e. The van der Waals surface area contributed by atoms with E-state index >= 15 is 0 Å². The lowest BCUT2D eigenvalue weighted by atomic mass is 9.91. The zero-order valence-corrected chi connectivity index (χ0v) is 14.1. The van der Waals surface area contributed by atoms with Crippen LogP contribution in [-0.4, -0.2) is 7.11 Å². The molecule has 0 spiro atoms. The highest BCUT2D eigenvalue weighted by Gasteiger charge is 2.25. The molecule has 0 heterocycles. The zero-order chi connectivity index (χ0) is 13.8. The van der Waals surface area contributed by atoms with E-state index in [2.05, 4.69) is 35.0 Å². The Hall–Kier alpha value is -0.210. The molecule has 1 aliphatic carbocycles. The van der Waals surface area contributed by atoms with Crippen LogP contribution in [0.5, 0.6) is 5.75 Å². The van der Waals surface area contributed by atoms with Crippen LogP contribution in [0, 0.1) is 12.8 Å². The van der Waals surface area contributed by atoms with E-state index in [1.54, 1.807) is 7.11 Å². The molecule has 0 bridgehead atoms. The molecule has 1 nitrogen and oxygen atoms in total. The van der Waals surface area contributed by atoms with Gasteiger partial charge < -0.3 is 4.74 Å². The summed E-state index contributed by atoms with van der Waals surface area (Å²) < 4.78 is 6.63. The molecule has 0 radical (unpaired) electrons. The van der Waals surface area contributed by atoms with Crippen molar-refractivity contribution >= 4 is 27.5 Å². The van der Waals surface area contributed by atoms with Gasteiger partial charge in [0.25, 0.3) is 0 Å². The van der Waals surface area contributed by atoms with Gasteiger partial charge in [-0.3, -0.25) is 0 Å². The third kappa shape index (κ3) is 3.66. The van der Waals surface area contributed by atoms with E-state index in [0.717, 1.165) is 15.8 Å². The molecule has 19 heavy (non-hydrogen) atoms. The summed E-state index contributed by atoms with van der Waals surface area (Å²) in [6.07, 6.45) is 7.81. The predicted molar refractivity (Wildman–Crippen MR) is 85.2 cm³/mol. The molecule has 1 aromatic rings. The summed E-state index contributed by atoms with van der Waals surface area (Å²) in [5.74, 6) is 1.50. The molecule has 0 N–H and O–H groups in total. The number of rotatable bonds is 3. The second-order valence-corrected chi connectivity index (χ2v) is 6.82. The van der Waals surface area contributed by atoms with E-state index in [-0.39, 0.29) is 5.38 Å². The Bertz CT molecular complexity index is 425. The Balaban J connectivity index is 2.26. The first-order chi connectivity index (χ1) is 9.13. The van der Waals surface area contributed by atoms with Crippen molar-refractivity contribution in [3.05, 3.63) is 27.7 Å². The average Bonchev–Trinajstić information content (AvgIpc) is 2.69. The standard InChI is InChI=1S/C16H22BrClO/c1-11-9-15(19-2)13(10-14(11)17)16(18)12-7-5-3-4-6-8-12/h9-10,12,16H,3-8H2,1-2H3. The first-order valence-corrected chi connectivity index (χ1v) is 8.34. The number of hydrogen-bond acceptors (Lipinski definition) is 1. The van der Waals surface area contributed by atoms with Crippen molar-refractivity contribution in [2.45, 2.75) is 50.8 Å². The van der Waals surface area contributed by atoms with Gasteiger partial charge in [0.05, 0.1) is 12.5 Å². The monoisotopic (exact) mass is 344 g/mol. The maximum Gasteiger partial charge on any atom is 0.123 e. The largest absolute Gasteiger partial charge is 0.496 e. The summed E-state index contributed by atoms with van der Waals surface area (Å²) in [6.45, 7) is 2.07. The predicted octanol–water partition coefficient (Wildman–Crippen LogP) is 6.02. The Morgan fingerprint density at radius 3 is 2.42 bits per heavy atom. The molecular formula is C16H22BrClO. The lowest BCUT2D eigenvalue weighted by molar-refractivity contribution is 0.392. The first-order valence-electron chi connectivity index (χ1n) is 7.11. The third-order valence-electron chi connectivity index (χ3n) is 4.12. The number of benzene rings is 1. The molecule has 1 unspecified atom stereocenters. The number of halogens is 2. The van der Waals surface area contributed by atoms with Crippen LogP contribution in [0.1, 0.15) is 55.0 Å². The summed E-state index contributed by atoms with van der Waals surface area (Å²) in [5.41, 5.74) is 2.32. The molecule has 1 atom stereocenters. The number of methoxy groups -OCH3 is 1. The second kappa shape index (κ2) is 6.99. The van der Waals surface area contributed by atoms with Crippen molar-refractivity contribution < 1.29 is 4.74 Å². The quantitative estimate of drug-likeness (QED) is 0.481. The highest BCUT2D eigenvalue weighted by Crippen LogP contribution is 2.42. The fourth-order valence-electron chi connectivity index (χ4n) is 2.92. The van der Waals surface area contributed by atoms with E-state index in [1.165, 1.54) is 44.1 Å². The molecule has 0 saturated heterocycles. The number of ether oxygens (including phenoxy) is 1. The van der Waals surface area contributed by atoms with Crippen LogP contribution in [0.4, 0.5) is 0 Å². The normalized spacial score (nSPS) is 18.9. The minimum Gasteiger partial charge on any atom is -0.496 e. The van der Waals surface area contributed by atoms with Gasteiger partial charge in [-0.25, -0.2) is 0 Å². The van der Waals surface area contributed by atoms with E-state index in [0.29, 0.717) is 5.92 Å². The molecule has 3 heteroatoms. The summed E-state index contributed by atoms with van der Waals surface area (Å²) in [7, 11) is 1.73. The van der Waals surface area contributed by atoms with Crippen molar-refractivity contribution in [2.24, 2.45) is 5.92 Å². The first kappa shape index (κ1) is 15.2. The van der Waals surface area contributed by atoms with E-state index in [1.807, 2.05) is 0 Å². The number of aryl methyl sites for hydroxylation is 1. The van der Waals surface area contributed by atoms with Crippen molar-refractivity contribution in [2.75, 3.05) is 7.11 Å². The summed E-state index contributed by atoms with van der Waals surface area (Å²) in [5, 5.41) is 0.0601. The molecule has 2 rings (SSSR count). The lowest BCUT2D eigenvalue weighted by Gasteiger charge is -2.23. The topological polar surface area (TPSA) is 9.23 Å². The van der Waals surface area contributed by atoms with Gasteiger partial charge in [-0.15, -0.1) is 11.6 Å². The van der Waals surface area contributed by atoms with Gasteiger partial charge in [0.2, 0.25) is 0 Å². The summed E-state index contributed by atoms with van der Waals surface area (Å²) in [6, 6.07) is 4.21. The average molecular weight is 346 g/mol. The maximum atomic E-state index is 6.76. The van der Waals surface area contributed by atoms with E-state index < -0.39 is 0 Å². The molecule has 1 saturated carbocycles. The van der Waals surface area contributed by atoms with Crippen LogP contribution < -0.4 is 4.74 Å². The minimum atomic E-state index is 0.0601. The SMILES string of the molecule is COc1cc(C)c(Br)cc1C(Cl)C1CCCCCC1. The van der Waals surface area contributed by atoms with Gasteiger partial charge in [-0.1, -0.05) is 41.6 Å². The van der Waals surface area contributed by atoms with Crippen molar-refractivity contribution in [3.8, 4) is 5.75 Å². The van der Waals surface area contributed by atoms with Crippen molar-refractivity contribution in [1.82, 2.24) is 0 Å². The van der Waals surface area contributed by atoms with Crippen LogP contribution >= 0.6 is 27.5 Å². The minimum absolute atomic E-state index is 0.0601. The molecule has 0 aliphatic heterocycles. The molecule has 0 aromatic heterocycles. The fraction of sp³-hybridized carbons (Fsp3) is 0.625. The fourth-order valence-corrected chi connectivity index (χ4v) is 3.70. The van der Waals surface area contributed by atoms with Gasteiger partial charge in [-0.2, -0.15) is 0 Å². The van der Waals surface area contributed by atoms with Crippen LogP contribution in [0.25, 0.3) is 0 Å². The Labute approximate surface area is 129 Å². The van der Waals surface area contributed by atoms with Gasteiger partial charge in [-0.05, 0) is 43.4 Å². The molecule has 1 fully saturated rings. The maximum absolute atomic E-state index is 6.76. The third-order valence-corrected chi connectivity index (χ3v) is 5.57. The van der Waals surface area contributed by atoms with Crippen LogP contribution in [0.3, 0.4) is 0 Å². The van der Waals surface area contributed by atoms with E-state index in [9.17, 15) is 0 Å². The molecule has 0 amide bonds. The zero-order valence-electron chi connectivity index (χ0n) is 11.7. The molecule has 106 valence electrons. The summed E-state index contributed by atoms with van der Waals surface area (Å²) >= 11 is 10.4. The van der Waals surface area contributed by atoms with Gasteiger partial charge >= 0.3 is 0 Å². The van der Waals surface area contributed by atoms with Crippen LogP contribution in [0.2, 0.25) is 0 Å². The number of hydrogen-bond donors (Lipinski definition) is 0.